The minimum Gasteiger partial charge on any atom is -0.493 e. The van der Waals surface area contributed by atoms with Crippen LogP contribution < -0.4 is 29.6 Å². The number of carbonyl (C=O) groups excluding carboxylic acids is 8. The lowest BCUT2D eigenvalue weighted by Crippen LogP contribution is -2.54. The topological polar surface area (TPSA) is 241 Å². The number of carbonyl (C=O) groups is 8. The Balaban J connectivity index is 0.793. The van der Waals surface area contributed by atoms with E-state index in [1.807, 2.05) is 32.0 Å². The first-order chi connectivity index (χ1) is 39.6. The van der Waals surface area contributed by atoms with Crippen molar-refractivity contribution in [1.29, 1.82) is 0 Å². The van der Waals surface area contributed by atoms with Crippen molar-refractivity contribution < 1.29 is 76.3 Å². The summed E-state index contributed by atoms with van der Waals surface area (Å²) in [4.78, 5) is 107. The Labute approximate surface area is 478 Å². The molecule has 3 aliphatic rings. The van der Waals surface area contributed by atoms with Gasteiger partial charge in [-0.05, 0) is 136 Å². The van der Waals surface area contributed by atoms with Crippen molar-refractivity contribution in [3.05, 3.63) is 117 Å². The number of amides is 6. The minimum absolute atomic E-state index is 0.000601. The lowest BCUT2D eigenvalue weighted by molar-refractivity contribution is -0.162. The Bertz CT molecular complexity index is 2940. The van der Waals surface area contributed by atoms with Crippen molar-refractivity contribution in [2.24, 2.45) is 0 Å². The predicted molar refractivity (Wildman–Crippen MR) is 300 cm³/mol. The number of nitrogens with zero attached hydrogens (tertiary/aromatic N) is 2. The third kappa shape index (κ3) is 16.3. The van der Waals surface area contributed by atoms with Gasteiger partial charge in [-0.25, -0.2) is 4.79 Å². The zero-order valence-corrected chi connectivity index (χ0v) is 47.8. The van der Waals surface area contributed by atoms with Crippen LogP contribution in [0.15, 0.2) is 72.8 Å². The molecule has 0 bridgehead atoms. The maximum atomic E-state index is 14.5. The van der Waals surface area contributed by atoms with Gasteiger partial charge in [-0.1, -0.05) is 49.4 Å². The zero-order valence-electron chi connectivity index (χ0n) is 47.8. The van der Waals surface area contributed by atoms with E-state index < -0.39 is 53.7 Å². The van der Waals surface area contributed by atoms with E-state index in [1.54, 1.807) is 37.3 Å². The fraction of sp³-hybridized carbons (Fsp3) is 0.484. The van der Waals surface area contributed by atoms with Crippen molar-refractivity contribution in [3.63, 3.8) is 0 Å². The number of methoxy groups -OCH3 is 2. The molecule has 0 radical (unpaired) electrons. The van der Waals surface area contributed by atoms with Gasteiger partial charge in [0, 0.05) is 32.5 Å². The second-order valence-corrected chi connectivity index (χ2v) is 20.6. The molecule has 440 valence electrons. The lowest BCUT2D eigenvalue weighted by Gasteiger charge is -2.37. The van der Waals surface area contributed by atoms with Crippen LogP contribution in [0.4, 0.5) is 0 Å². The monoisotopic (exact) mass is 1130 g/mol. The average Bonchev–Trinajstić information content (AvgIpc) is 4.02. The molecule has 0 aliphatic carbocycles. The van der Waals surface area contributed by atoms with E-state index in [0.29, 0.717) is 87.9 Å². The second kappa shape index (κ2) is 30.4. The number of ether oxygens (including phenoxy) is 8. The number of nitrogens with one attached hydrogen (secondary N) is 2. The number of fused-ring (bicyclic) bond motifs is 1. The molecular weight excluding hydrogens is 1060 g/mol. The largest absolute Gasteiger partial charge is 0.493 e. The number of imide groups is 2. The molecule has 4 aromatic carbocycles. The van der Waals surface area contributed by atoms with Crippen LogP contribution in [0.3, 0.4) is 0 Å². The number of rotatable bonds is 31. The van der Waals surface area contributed by atoms with Crippen LogP contribution >= 0.6 is 0 Å². The molecule has 2 saturated heterocycles. The first-order valence-corrected chi connectivity index (χ1v) is 28.1. The summed E-state index contributed by atoms with van der Waals surface area (Å²) < 4.78 is 45.9. The lowest BCUT2D eigenvalue weighted by atomic mass is 9.91. The van der Waals surface area contributed by atoms with E-state index in [2.05, 4.69) is 42.7 Å². The van der Waals surface area contributed by atoms with E-state index in [-0.39, 0.29) is 86.7 Å². The van der Waals surface area contributed by atoms with Crippen LogP contribution in [0.5, 0.6) is 23.0 Å². The Morgan fingerprint density at radius 2 is 1.49 bits per heavy atom. The smallest absolute Gasteiger partial charge is 0.329 e. The molecule has 2 unspecified atom stereocenters. The SMILES string of the molecule is CC[C@H](C(=O)N1CCCC[C@H]1C(=O)OC(CCc1ccc(C)c(C)c1)c1cccc(OCC(=O)NCCOCCOCCOCCCC(=O)COc2cccc3c2C(=O)N(C2CCC(=O)NC2=O)C3=O)c1)c1cc(C)c(OC)c(OC)c1. The summed E-state index contributed by atoms with van der Waals surface area (Å²) in [6.07, 6.45) is 3.57. The van der Waals surface area contributed by atoms with Crippen LogP contribution in [0.1, 0.15) is 131 Å². The van der Waals surface area contributed by atoms with Gasteiger partial charge in [-0.15, -0.1) is 0 Å². The number of ketones is 1. The Hall–Kier alpha value is -7.68. The van der Waals surface area contributed by atoms with Gasteiger partial charge in [0.25, 0.3) is 17.7 Å². The van der Waals surface area contributed by atoms with Crippen LogP contribution in [0.2, 0.25) is 0 Å². The van der Waals surface area contributed by atoms with Gasteiger partial charge in [-0.2, -0.15) is 0 Å². The normalized spacial score (nSPS) is 16.7. The van der Waals surface area contributed by atoms with Crippen LogP contribution in [-0.4, -0.2) is 149 Å². The molecule has 6 amide bonds. The third-order valence-corrected chi connectivity index (χ3v) is 14.9. The van der Waals surface area contributed by atoms with Gasteiger partial charge >= 0.3 is 5.97 Å². The molecule has 7 rings (SSSR count). The Kier molecular flexibility index (Phi) is 23.0. The van der Waals surface area contributed by atoms with Crippen LogP contribution in [0, 0.1) is 20.8 Å². The van der Waals surface area contributed by atoms with E-state index >= 15 is 0 Å². The fourth-order valence-corrected chi connectivity index (χ4v) is 10.4. The highest BCUT2D eigenvalue weighted by atomic mass is 16.6. The average molecular weight is 1130 g/mol. The summed E-state index contributed by atoms with van der Waals surface area (Å²) in [7, 11) is 3.15. The number of Topliss-reactive ketones (excluding diaryl/α,β-unsaturated/α-hetero) is 1. The highest BCUT2D eigenvalue weighted by Crippen LogP contribution is 2.38. The molecule has 2 fully saturated rings. The highest BCUT2D eigenvalue weighted by Gasteiger charge is 2.46. The van der Waals surface area contributed by atoms with Gasteiger partial charge in [0.15, 0.2) is 23.9 Å². The van der Waals surface area contributed by atoms with Gasteiger partial charge in [-0.3, -0.25) is 43.8 Å². The van der Waals surface area contributed by atoms with E-state index in [4.69, 9.17) is 37.9 Å². The summed E-state index contributed by atoms with van der Waals surface area (Å²) >= 11 is 0. The van der Waals surface area contributed by atoms with Crippen molar-refractivity contribution in [2.75, 3.05) is 80.2 Å². The molecule has 0 spiro atoms. The van der Waals surface area contributed by atoms with Crippen LogP contribution in [0.25, 0.3) is 0 Å². The molecule has 0 aromatic heterocycles. The molecule has 2 N–H and O–H groups in total. The van der Waals surface area contributed by atoms with Crippen molar-refractivity contribution in [3.8, 4) is 23.0 Å². The van der Waals surface area contributed by atoms with E-state index in [9.17, 15) is 38.4 Å². The number of benzene rings is 4. The van der Waals surface area contributed by atoms with Crippen LogP contribution in [-0.2, 0) is 54.1 Å². The van der Waals surface area contributed by atoms with E-state index in [1.165, 1.54) is 29.3 Å². The predicted octanol–water partition coefficient (Wildman–Crippen LogP) is 6.80. The summed E-state index contributed by atoms with van der Waals surface area (Å²) in [5.41, 5.74) is 5.84. The molecular formula is C62H76N4O16. The summed E-state index contributed by atoms with van der Waals surface area (Å²) in [5, 5.41) is 4.95. The standard InChI is InChI=1S/C62H76N4O16/c1-7-47(44-34-41(4)57(76-6)53(36-44)75-5)59(71)65-26-9-8-17-50(65)62(74)82-51(23-21-42-20-19-39(2)40(3)33-42)43-13-10-15-46(35-43)80-38-55(69)63-25-28-78-30-32-79-31-29-77-27-12-14-45(67)37-81-52-18-11-16-48-56(52)61(73)66(60(48)72)49-22-24-54(68)64-58(49)70/h10-11,13,15-16,18-20,33-36,47,49-51H,7-9,12,14,17,21-32,37-38H2,1-6H3,(H,63,69)(H,64,68,70)/t47-,49?,50-,51?/m0/s1. The molecule has 82 heavy (non-hydrogen) atoms. The molecule has 20 heteroatoms. The molecule has 4 aromatic rings. The first-order valence-electron chi connectivity index (χ1n) is 28.1. The molecule has 3 aliphatic heterocycles. The molecule has 20 nitrogen and oxygen atoms in total. The first kappa shape index (κ1) is 61.9. The molecule has 3 heterocycles. The Morgan fingerprint density at radius 1 is 0.732 bits per heavy atom. The van der Waals surface area contributed by atoms with Gasteiger partial charge in [0.1, 0.15) is 36.3 Å². The minimum atomic E-state index is -1.11. The van der Waals surface area contributed by atoms with Crippen molar-refractivity contribution in [2.45, 2.75) is 116 Å². The number of esters is 1. The van der Waals surface area contributed by atoms with Gasteiger partial charge in [0.2, 0.25) is 17.7 Å². The molecule has 4 atom stereocenters. The van der Waals surface area contributed by atoms with E-state index in [0.717, 1.165) is 34.4 Å². The summed E-state index contributed by atoms with van der Waals surface area (Å²) in [5.74, 6) is -2.62. The van der Waals surface area contributed by atoms with Gasteiger partial charge in [0.05, 0.1) is 64.3 Å². The number of likely N-dealkylation sites (tertiary alicyclic amines) is 1. The zero-order chi connectivity index (χ0) is 58.7. The number of hydrogen-bond acceptors (Lipinski definition) is 16. The maximum absolute atomic E-state index is 14.5. The number of hydrogen-bond donors (Lipinski definition) is 2. The fourth-order valence-electron chi connectivity index (χ4n) is 10.4. The third-order valence-electron chi connectivity index (χ3n) is 14.9. The second-order valence-electron chi connectivity index (χ2n) is 20.6. The van der Waals surface area contributed by atoms with Crippen molar-refractivity contribution in [1.82, 2.24) is 20.4 Å². The maximum Gasteiger partial charge on any atom is 0.329 e. The highest BCUT2D eigenvalue weighted by molar-refractivity contribution is 6.24. The summed E-state index contributed by atoms with van der Waals surface area (Å²) in [6, 6.07) is 19.9. The molecule has 0 saturated carbocycles. The summed E-state index contributed by atoms with van der Waals surface area (Å²) in [6.45, 7) is 9.82. The Morgan fingerprint density at radius 3 is 2.22 bits per heavy atom. The van der Waals surface area contributed by atoms with Gasteiger partial charge < -0.3 is 48.1 Å². The van der Waals surface area contributed by atoms with Crippen molar-refractivity contribution >= 4 is 47.2 Å². The number of aryl methyl sites for hydroxylation is 4. The number of piperidine rings is 2. The quantitative estimate of drug-likeness (QED) is 0.0299.